The van der Waals surface area contributed by atoms with Gasteiger partial charge in [-0.05, 0) is 280 Å². The van der Waals surface area contributed by atoms with Crippen LogP contribution in [0.3, 0.4) is 0 Å². The van der Waals surface area contributed by atoms with Crippen molar-refractivity contribution in [3.05, 3.63) is 600 Å². The van der Waals surface area contributed by atoms with E-state index in [0.29, 0.717) is 45.3 Å². The van der Waals surface area contributed by atoms with Crippen molar-refractivity contribution in [2.75, 3.05) is 24.5 Å². The largest absolute Gasteiger partial charge is 0.462 e. The van der Waals surface area contributed by atoms with Crippen molar-refractivity contribution < 1.29 is 9.47 Å². The number of nitriles is 4. The first-order valence-corrected chi connectivity index (χ1v) is 48.6. The monoisotopic (exact) mass is 1930 g/mol. The molecular weight excluding hydrogens is 1820 g/mol. The summed E-state index contributed by atoms with van der Waals surface area (Å²) in [6.07, 6.45) is 30.6. The Morgan fingerprint density at radius 1 is 0.279 bits per heavy atom. The SMILES string of the molecule is [C-]#[N+]/C(C#N)=C1C=C(/C=C/c2ccc(N(c3ccccc3)c3ccccc3)cc2)N(c2ccccc2)C(C(C)(C)C)=C/1.[C-]#[N+]/C(C#N)=C1C=C(/C=C/c2ccc(N(c3ccccc3)c3ccccc3)cc2)OC(C(C)(C)C)=C/1.[C-]#[N+]/C(C#N)=C1C=C(/C=C/c2ccc(N(c3ccccc3)c3ccccc3)cc2)SC(C(C)(C)C)=C/1.[C-]#[N+]/C(C#N)=C1\C=C(C)OC(/C=C/c2ccc(N(c3ccccc3)c3ccccc3)cc2)=C1. The minimum atomic E-state index is -0.263. The van der Waals surface area contributed by atoms with Gasteiger partial charge >= 0.3 is 0 Å². The number of thioether (sulfide) groups is 1. The molecule has 0 radical (unpaired) electrons. The van der Waals surface area contributed by atoms with E-state index in [1.807, 2.05) is 264 Å². The normalized spacial score (nSPS) is 14.6. The van der Waals surface area contributed by atoms with Gasteiger partial charge in [-0.1, -0.05) is 323 Å². The number of para-hydroxylation sites is 9. The third-order valence-corrected chi connectivity index (χ3v) is 24.8. The summed E-state index contributed by atoms with van der Waals surface area (Å²) in [5.41, 5.74) is 22.2. The summed E-state index contributed by atoms with van der Waals surface area (Å²) >= 11 is 1.68. The lowest BCUT2D eigenvalue weighted by Gasteiger charge is -2.38. The van der Waals surface area contributed by atoms with Crippen molar-refractivity contribution >= 4 is 110 Å². The van der Waals surface area contributed by atoms with Crippen LogP contribution in [0, 0.1) is 87.9 Å². The van der Waals surface area contributed by atoms with Gasteiger partial charge in [0.15, 0.2) is 0 Å². The maximum Gasteiger partial charge on any atom is 0.269 e. The fourth-order valence-corrected chi connectivity index (χ4v) is 17.1. The van der Waals surface area contributed by atoms with Gasteiger partial charge in [0, 0.05) is 101 Å². The summed E-state index contributed by atoms with van der Waals surface area (Å²) in [7, 11) is 0. The van der Waals surface area contributed by atoms with E-state index < -0.39 is 0 Å². The Hall–Kier alpha value is -19.4. The Bertz CT molecular complexity index is 7340. The Balaban J connectivity index is 0.000000155. The van der Waals surface area contributed by atoms with Crippen molar-refractivity contribution in [2.24, 2.45) is 16.2 Å². The molecule has 4 aliphatic heterocycles. The Morgan fingerprint density at radius 2 is 0.544 bits per heavy atom. The number of rotatable bonds is 21. The van der Waals surface area contributed by atoms with Crippen LogP contribution in [-0.4, -0.2) is 0 Å². The third-order valence-electron chi connectivity index (χ3n) is 23.4. The van der Waals surface area contributed by atoms with Crippen LogP contribution in [0.2, 0.25) is 0 Å². The molecule has 15 nitrogen and oxygen atoms in total. The number of allylic oxidation sites excluding steroid dienone is 24. The van der Waals surface area contributed by atoms with Crippen LogP contribution >= 0.6 is 11.8 Å². The molecule has 0 saturated heterocycles. The van der Waals surface area contributed by atoms with E-state index in [4.69, 9.17) is 41.0 Å². The van der Waals surface area contributed by atoms with E-state index in [1.165, 1.54) is 0 Å². The molecular formula is C131H107N13O2S. The molecule has 0 bridgehead atoms. The second-order valence-electron chi connectivity index (χ2n) is 37.1. The van der Waals surface area contributed by atoms with Crippen LogP contribution in [0.25, 0.3) is 43.7 Å². The van der Waals surface area contributed by atoms with Crippen molar-refractivity contribution in [1.29, 1.82) is 21.0 Å². The molecule has 0 aromatic heterocycles. The highest BCUT2D eigenvalue weighted by atomic mass is 32.2. The van der Waals surface area contributed by atoms with E-state index in [1.54, 1.807) is 43.0 Å². The molecule has 0 amide bonds. The first kappa shape index (κ1) is 103. The number of anilines is 13. The van der Waals surface area contributed by atoms with Gasteiger partial charge in [-0.25, -0.2) is 40.4 Å². The summed E-state index contributed by atoms with van der Waals surface area (Å²) in [6, 6.07) is 134. The minimum Gasteiger partial charge on any atom is -0.462 e. The number of hydrogen-bond acceptors (Lipinski definition) is 12. The van der Waals surface area contributed by atoms with Gasteiger partial charge in [0.05, 0.1) is 50.6 Å². The summed E-state index contributed by atoms with van der Waals surface area (Å²) in [6.45, 7) is 50.2. The zero-order valence-corrected chi connectivity index (χ0v) is 84.3. The van der Waals surface area contributed by atoms with Crippen LogP contribution in [-0.2, 0) is 9.47 Å². The van der Waals surface area contributed by atoms with E-state index >= 15 is 0 Å². The van der Waals surface area contributed by atoms with Gasteiger partial charge in [0.2, 0.25) is 0 Å². The van der Waals surface area contributed by atoms with Crippen molar-refractivity contribution in [1.82, 2.24) is 0 Å². The van der Waals surface area contributed by atoms with Gasteiger partial charge in [-0.2, -0.15) is 0 Å². The fraction of sp³-hybridized carbons (Fsp3) is 0.0992. The quantitative estimate of drug-likeness (QED) is 0.0498. The average Bonchev–Trinajstić information content (AvgIpc) is 0.765. The Labute approximate surface area is 869 Å². The molecule has 0 atom stereocenters. The van der Waals surface area contributed by atoms with Gasteiger partial charge in [-0.3, -0.25) is 0 Å². The van der Waals surface area contributed by atoms with Gasteiger partial charge in [0.25, 0.3) is 22.8 Å². The van der Waals surface area contributed by atoms with E-state index in [0.717, 1.165) is 117 Å². The average molecular weight is 1930 g/mol. The number of nitrogens with zero attached hydrogens (tertiary/aromatic N) is 13. The Kier molecular flexibility index (Phi) is 34.9. The number of benzene rings is 13. The smallest absolute Gasteiger partial charge is 0.269 e. The lowest BCUT2D eigenvalue weighted by atomic mass is 9.86. The highest BCUT2D eigenvalue weighted by molar-refractivity contribution is 8.07. The molecule has 147 heavy (non-hydrogen) atoms. The molecule has 13 aromatic rings. The molecule has 0 spiro atoms. The van der Waals surface area contributed by atoms with Crippen molar-refractivity contribution in [2.45, 2.75) is 69.2 Å². The maximum absolute atomic E-state index is 9.66. The molecule has 16 heteroatoms. The Morgan fingerprint density at radius 3 is 0.830 bits per heavy atom. The highest BCUT2D eigenvalue weighted by Crippen LogP contribution is 2.47. The zero-order chi connectivity index (χ0) is 104. The highest BCUT2D eigenvalue weighted by Gasteiger charge is 2.31. The van der Waals surface area contributed by atoms with Crippen LogP contribution in [0.15, 0.2) is 532 Å². The topological polar surface area (TPSA) is 147 Å². The lowest BCUT2D eigenvalue weighted by Crippen LogP contribution is -2.31. The second-order valence-corrected chi connectivity index (χ2v) is 38.2. The molecule has 4 heterocycles. The van der Waals surface area contributed by atoms with Gasteiger partial charge < -0.3 is 34.0 Å². The number of ether oxygens (including phenoxy) is 2. The molecule has 0 fully saturated rings. The van der Waals surface area contributed by atoms with E-state index in [2.05, 4.69) is 310 Å². The van der Waals surface area contributed by atoms with Gasteiger partial charge in [-0.15, -0.1) is 0 Å². The van der Waals surface area contributed by atoms with Crippen molar-refractivity contribution in [3.8, 4) is 24.3 Å². The lowest BCUT2D eigenvalue weighted by molar-refractivity contribution is 0.223. The summed E-state index contributed by atoms with van der Waals surface area (Å²) < 4.78 is 11.8. The molecule has 0 saturated carbocycles. The van der Waals surface area contributed by atoms with Crippen molar-refractivity contribution in [3.63, 3.8) is 0 Å². The zero-order valence-electron chi connectivity index (χ0n) is 83.5. The fourth-order valence-electron chi connectivity index (χ4n) is 16.1. The minimum absolute atomic E-state index is 0.0508. The summed E-state index contributed by atoms with van der Waals surface area (Å²) in [5, 5.41) is 37.6. The molecule has 4 aliphatic rings. The first-order chi connectivity index (χ1) is 71.3. The summed E-state index contributed by atoms with van der Waals surface area (Å²) in [4.78, 5) is 26.8. The predicted molar refractivity (Wildman–Crippen MR) is 605 cm³/mol. The predicted octanol–water partition coefficient (Wildman–Crippen LogP) is 36.0. The maximum atomic E-state index is 9.66. The third kappa shape index (κ3) is 27.6. The van der Waals surface area contributed by atoms with Gasteiger partial charge in [0.1, 0.15) is 23.0 Å². The number of hydrogen-bond donors (Lipinski definition) is 0. The standard InChI is InChI=1S/C38H32N4.C32H27N3O.C32H27N3S.C29H21N3O/c1-38(2,3)37-27-30(36(28-39)40-4)26-35(42(37)33-18-12-7-13-19-33)25-22-29-20-23-34(24-21-29)41(31-14-8-5-9-15-31)32-16-10-6-11-17-32;2*1-32(2,3)31-22-25(30(23-33)34-4)21-29(36-31)20-17-24-15-18-28(19-16-24)35(26-11-7-5-8-12-26)27-13-9-6-10-14-27;1-22-19-24(29(21-30)31-2)20-28(33-22)18-15-23-13-16-27(17-14-23)32(25-9-5-3-6-10-25)26-11-7-4-8-12-26/h5-27H,1-3H3;2*5-22H,1-3H3;3-20H,1H3/b25-22+,36-30-;2*20-17+,30-25-;18-15+,29-24+. The first-order valence-electron chi connectivity index (χ1n) is 47.8. The van der Waals surface area contributed by atoms with Crippen LogP contribution < -0.4 is 24.5 Å². The van der Waals surface area contributed by atoms with E-state index in [-0.39, 0.29) is 39.0 Å². The van der Waals surface area contributed by atoms with Crippen LogP contribution in [0.1, 0.15) is 91.5 Å². The van der Waals surface area contributed by atoms with Crippen LogP contribution in [0.4, 0.5) is 73.9 Å². The van der Waals surface area contributed by atoms with Crippen LogP contribution in [0.5, 0.6) is 0 Å². The molecule has 0 unspecified atom stereocenters. The summed E-state index contributed by atoms with van der Waals surface area (Å²) in [5.74, 6) is 2.53. The second kappa shape index (κ2) is 49.6. The van der Waals surface area contributed by atoms with E-state index in [9.17, 15) is 15.8 Å². The molecule has 714 valence electrons. The molecule has 17 rings (SSSR count). The molecule has 0 aliphatic carbocycles. The molecule has 13 aromatic carbocycles. The molecule has 0 N–H and O–H groups in total.